The van der Waals surface area contributed by atoms with Crippen LogP contribution in [0.1, 0.15) is 16.8 Å². The van der Waals surface area contributed by atoms with E-state index in [0.29, 0.717) is 11.5 Å². The lowest BCUT2D eigenvalue weighted by Gasteiger charge is -2.20. The number of fused-ring (bicyclic) bond motifs is 4. The largest absolute Gasteiger partial charge is 0.493 e. The van der Waals surface area contributed by atoms with Crippen molar-refractivity contribution in [3.8, 4) is 34.3 Å². The SMILES string of the molecule is COc1cc2c(cc1OC)-c1cc3cc(OC)c(OC)cc3c(/C=C/c3ccccc3)[n+]1CC2. The molecule has 34 heavy (non-hydrogen) atoms. The van der Waals surface area contributed by atoms with Crippen molar-refractivity contribution >= 4 is 22.9 Å². The molecule has 0 saturated carbocycles. The van der Waals surface area contributed by atoms with E-state index < -0.39 is 0 Å². The number of aryl methyl sites for hydroxylation is 1. The van der Waals surface area contributed by atoms with Crippen LogP contribution in [0.15, 0.2) is 60.7 Å². The molecule has 5 rings (SSSR count). The van der Waals surface area contributed by atoms with Gasteiger partial charge in [-0.15, -0.1) is 0 Å². The van der Waals surface area contributed by atoms with Crippen molar-refractivity contribution in [3.05, 3.63) is 77.5 Å². The van der Waals surface area contributed by atoms with Gasteiger partial charge in [0.2, 0.25) is 11.4 Å². The van der Waals surface area contributed by atoms with Crippen molar-refractivity contribution < 1.29 is 23.5 Å². The Morgan fingerprint density at radius 2 is 1.35 bits per heavy atom. The molecule has 3 aromatic carbocycles. The lowest BCUT2D eigenvalue weighted by molar-refractivity contribution is -0.687. The summed E-state index contributed by atoms with van der Waals surface area (Å²) >= 11 is 0. The van der Waals surface area contributed by atoms with Gasteiger partial charge in [-0.05, 0) is 46.9 Å². The summed E-state index contributed by atoms with van der Waals surface area (Å²) in [5.41, 5.74) is 5.80. The molecular formula is C29H28NO4+. The van der Waals surface area contributed by atoms with Gasteiger partial charge in [-0.3, -0.25) is 0 Å². The summed E-state index contributed by atoms with van der Waals surface area (Å²) < 4.78 is 24.8. The van der Waals surface area contributed by atoms with E-state index in [1.54, 1.807) is 28.4 Å². The molecule has 0 aliphatic carbocycles. The Labute approximate surface area is 199 Å². The fraction of sp³-hybridized carbons (Fsp3) is 0.207. The predicted molar refractivity (Wildman–Crippen MR) is 135 cm³/mol. The average Bonchev–Trinajstić information content (AvgIpc) is 2.89. The fourth-order valence-corrected chi connectivity index (χ4v) is 4.72. The highest BCUT2D eigenvalue weighted by Crippen LogP contribution is 2.40. The van der Waals surface area contributed by atoms with E-state index in [-0.39, 0.29) is 0 Å². The third-order valence-corrected chi connectivity index (χ3v) is 6.43. The molecule has 0 amide bonds. The summed E-state index contributed by atoms with van der Waals surface area (Å²) in [6.07, 6.45) is 5.25. The number of hydrogen-bond donors (Lipinski definition) is 0. The van der Waals surface area contributed by atoms with Crippen molar-refractivity contribution in [2.75, 3.05) is 28.4 Å². The van der Waals surface area contributed by atoms with Gasteiger partial charge in [-0.25, -0.2) is 0 Å². The Bertz CT molecular complexity index is 1390. The van der Waals surface area contributed by atoms with E-state index >= 15 is 0 Å². The van der Waals surface area contributed by atoms with Crippen LogP contribution in [0.2, 0.25) is 0 Å². The molecule has 0 bridgehead atoms. The summed E-state index contributed by atoms with van der Waals surface area (Å²) in [4.78, 5) is 0. The van der Waals surface area contributed by atoms with E-state index in [9.17, 15) is 0 Å². The van der Waals surface area contributed by atoms with E-state index in [2.05, 4.69) is 65.3 Å². The topological polar surface area (TPSA) is 40.8 Å². The van der Waals surface area contributed by atoms with Crippen LogP contribution in [0.25, 0.3) is 34.2 Å². The molecule has 4 aromatic rings. The van der Waals surface area contributed by atoms with Crippen molar-refractivity contribution in [2.45, 2.75) is 13.0 Å². The monoisotopic (exact) mass is 454 g/mol. The summed E-state index contributed by atoms with van der Waals surface area (Å²) in [5.74, 6) is 2.91. The second kappa shape index (κ2) is 9.10. The molecule has 5 nitrogen and oxygen atoms in total. The van der Waals surface area contributed by atoms with Gasteiger partial charge in [-0.2, -0.15) is 4.57 Å². The second-order valence-electron chi connectivity index (χ2n) is 8.22. The van der Waals surface area contributed by atoms with Crippen LogP contribution in [0, 0.1) is 0 Å². The first-order valence-corrected chi connectivity index (χ1v) is 11.3. The van der Waals surface area contributed by atoms with Crippen LogP contribution in [0.4, 0.5) is 0 Å². The summed E-state index contributed by atoms with van der Waals surface area (Å²) in [7, 11) is 6.69. The highest BCUT2D eigenvalue weighted by molar-refractivity contribution is 5.94. The van der Waals surface area contributed by atoms with Crippen LogP contribution in [0.5, 0.6) is 23.0 Å². The average molecular weight is 455 g/mol. The Morgan fingerprint density at radius 3 is 2.06 bits per heavy atom. The second-order valence-corrected chi connectivity index (χ2v) is 8.22. The summed E-state index contributed by atoms with van der Waals surface area (Å²) in [6.45, 7) is 0.858. The van der Waals surface area contributed by atoms with E-state index in [1.165, 1.54) is 5.56 Å². The van der Waals surface area contributed by atoms with Crippen molar-refractivity contribution in [3.63, 3.8) is 0 Å². The molecular weight excluding hydrogens is 426 g/mol. The molecule has 1 aromatic heterocycles. The first-order valence-electron chi connectivity index (χ1n) is 11.3. The maximum Gasteiger partial charge on any atom is 0.214 e. The minimum Gasteiger partial charge on any atom is -0.493 e. The number of pyridine rings is 1. The van der Waals surface area contributed by atoms with Crippen molar-refractivity contribution in [2.24, 2.45) is 0 Å². The smallest absolute Gasteiger partial charge is 0.214 e. The maximum atomic E-state index is 5.63. The van der Waals surface area contributed by atoms with Gasteiger partial charge in [0.15, 0.2) is 29.5 Å². The molecule has 172 valence electrons. The van der Waals surface area contributed by atoms with Gasteiger partial charge >= 0.3 is 0 Å². The van der Waals surface area contributed by atoms with Crippen LogP contribution in [-0.4, -0.2) is 28.4 Å². The van der Waals surface area contributed by atoms with E-state index in [0.717, 1.165) is 57.8 Å². The molecule has 0 unspecified atom stereocenters. The highest BCUT2D eigenvalue weighted by Gasteiger charge is 2.29. The van der Waals surface area contributed by atoms with Gasteiger partial charge in [0.1, 0.15) is 0 Å². The maximum absolute atomic E-state index is 5.63. The molecule has 0 fully saturated rings. The van der Waals surface area contributed by atoms with Crippen molar-refractivity contribution in [1.82, 2.24) is 0 Å². The van der Waals surface area contributed by atoms with Gasteiger partial charge in [0.05, 0.1) is 39.4 Å². The lowest BCUT2D eigenvalue weighted by atomic mass is 9.93. The van der Waals surface area contributed by atoms with E-state index in [4.69, 9.17) is 18.9 Å². The molecule has 2 heterocycles. The third-order valence-electron chi connectivity index (χ3n) is 6.43. The van der Waals surface area contributed by atoms with Crippen LogP contribution >= 0.6 is 0 Å². The van der Waals surface area contributed by atoms with Crippen LogP contribution in [-0.2, 0) is 13.0 Å². The molecule has 1 aliphatic heterocycles. The number of aromatic nitrogens is 1. The minimum atomic E-state index is 0.710. The number of methoxy groups -OCH3 is 4. The predicted octanol–water partition coefficient (Wildman–Crippen LogP) is 5.56. The first-order chi connectivity index (χ1) is 16.7. The Kier molecular flexibility index (Phi) is 5.84. The normalized spacial score (nSPS) is 12.4. The molecule has 0 saturated heterocycles. The number of rotatable bonds is 6. The summed E-state index contributed by atoms with van der Waals surface area (Å²) in [6, 6.07) is 20.9. The fourth-order valence-electron chi connectivity index (χ4n) is 4.72. The molecule has 0 N–H and O–H groups in total. The van der Waals surface area contributed by atoms with Gasteiger partial charge in [-0.1, -0.05) is 30.3 Å². The standard InChI is InChI=1S/C29H28NO4/c1-31-26-15-20-12-13-30-24(11-10-19-8-6-5-7-9-19)23-18-29(34-4)27(32-2)16-21(23)14-25(30)22(20)17-28(26)33-3/h5-11,14-18H,12-13H2,1-4H3/q+1/b11-10+. The first kappa shape index (κ1) is 21.8. The zero-order valence-electron chi connectivity index (χ0n) is 19.9. The summed E-state index contributed by atoms with van der Waals surface area (Å²) in [5, 5.41) is 2.19. The molecule has 5 heteroatoms. The molecule has 0 radical (unpaired) electrons. The minimum absolute atomic E-state index is 0.710. The number of hydrogen-bond acceptors (Lipinski definition) is 4. The number of nitrogens with zero attached hydrogens (tertiary/aromatic N) is 1. The quantitative estimate of drug-likeness (QED) is 0.358. The number of benzene rings is 3. The van der Waals surface area contributed by atoms with E-state index in [1.807, 2.05) is 12.1 Å². The van der Waals surface area contributed by atoms with Gasteiger partial charge < -0.3 is 18.9 Å². The Hall–Kier alpha value is -3.99. The Morgan fingerprint density at radius 1 is 0.706 bits per heavy atom. The zero-order valence-corrected chi connectivity index (χ0v) is 19.9. The Balaban J connectivity index is 1.79. The number of ether oxygens (including phenoxy) is 4. The third kappa shape index (κ3) is 3.73. The van der Waals surface area contributed by atoms with Gasteiger partial charge in [0, 0.05) is 18.6 Å². The van der Waals surface area contributed by atoms with Crippen LogP contribution < -0.4 is 23.5 Å². The highest BCUT2D eigenvalue weighted by atomic mass is 16.5. The van der Waals surface area contributed by atoms with Crippen LogP contribution in [0.3, 0.4) is 0 Å². The van der Waals surface area contributed by atoms with Crippen molar-refractivity contribution in [1.29, 1.82) is 0 Å². The lowest BCUT2D eigenvalue weighted by Crippen LogP contribution is -2.43. The molecule has 0 atom stereocenters. The molecule has 0 spiro atoms. The molecule has 1 aliphatic rings. The van der Waals surface area contributed by atoms with Gasteiger partial charge in [0.25, 0.3) is 0 Å². The zero-order chi connectivity index (χ0) is 23.7.